The van der Waals surface area contributed by atoms with Gasteiger partial charge in [-0.15, -0.1) is 0 Å². The average molecular weight is 360 g/mol. The molecule has 3 nitrogen and oxygen atoms in total. The molecule has 1 aromatic rings. The Morgan fingerprint density at radius 2 is 1.80 bits per heavy atom. The minimum Gasteiger partial charge on any atom is -0.211 e. The van der Waals surface area contributed by atoms with Crippen LogP contribution < -0.4 is 4.72 Å². The molecule has 5 heteroatoms. The van der Waals surface area contributed by atoms with Crippen LogP contribution in [-0.4, -0.2) is 15.0 Å². The highest BCUT2D eigenvalue weighted by Crippen LogP contribution is 2.28. The van der Waals surface area contributed by atoms with Gasteiger partial charge < -0.3 is 0 Å². The molecule has 1 fully saturated rings. The van der Waals surface area contributed by atoms with Gasteiger partial charge in [0.15, 0.2) is 0 Å². The van der Waals surface area contributed by atoms with Gasteiger partial charge in [-0.3, -0.25) is 0 Å². The first-order valence-corrected chi connectivity index (χ1v) is 9.87. The first kappa shape index (κ1) is 16.0. The summed E-state index contributed by atoms with van der Waals surface area (Å²) in [6.07, 6.45) is 7.41. The van der Waals surface area contributed by atoms with E-state index < -0.39 is 10.0 Å². The van der Waals surface area contributed by atoms with Crippen molar-refractivity contribution < 1.29 is 8.42 Å². The van der Waals surface area contributed by atoms with Crippen LogP contribution in [0.3, 0.4) is 0 Å². The van der Waals surface area contributed by atoms with E-state index in [4.69, 9.17) is 0 Å². The minimum atomic E-state index is -3.35. The summed E-state index contributed by atoms with van der Waals surface area (Å²) in [5.74, 6) is 0.817. The lowest BCUT2D eigenvalue weighted by Crippen LogP contribution is -2.25. The van der Waals surface area contributed by atoms with Crippen molar-refractivity contribution in [1.82, 2.24) is 4.72 Å². The molecule has 0 aliphatic heterocycles. The van der Waals surface area contributed by atoms with Crippen LogP contribution in [0.25, 0.3) is 0 Å². The molecule has 0 aromatic heterocycles. The second-order valence-electron chi connectivity index (χ2n) is 5.47. The van der Waals surface area contributed by atoms with Crippen LogP contribution in [-0.2, 0) is 15.4 Å². The average Bonchev–Trinajstić information content (AvgIpc) is 2.97. The molecule has 1 aromatic carbocycles. The molecule has 1 aliphatic carbocycles. The zero-order valence-corrected chi connectivity index (χ0v) is 14.0. The number of hydrogen-bond donors (Lipinski definition) is 1. The Morgan fingerprint density at radius 3 is 2.40 bits per heavy atom. The summed E-state index contributed by atoms with van der Waals surface area (Å²) in [7, 11) is -3.35. The van der Waals surface area contributed by atoms with Crippen molar-refractivity contribution in [2.24, 2.45) is 5.92 Å². The van der Waals surface area contributed by atoms with E-state index in [1.165, 1.54) is 25.7 Å². The van der Waals surface area contributed by atoms with Crippen molar-refractivity contribution in [3.8, 4) is 0 Å². The number of nitrogens with one attached hydrogen (secondary N) is 1. The molecule has 112 valence electrons. The van der Waals surface area contributed by atoms with Crippen molar-refractivity contribution in [3.05, 3.63) is 29.8 Å². The van der Waals surface area contributed by atoms with Crippen molar-refractivity contribution in [2.75, 3.05) is 6.54 Å². The fourth-order valence-corrected chi connectivity index (χ4v) is 4.19. The summed E-state index contributed by atoms with van der Waals surface area (Å²) in [5.41, 5.74) is 1.07. The molecule has 2 rings (SSSR count). The Labute approximate surface area is 130 Å². The Hall–Kier alpha value is -0.390. The summed E-state index contributed by atoms with van der Waals surface area (Å²) in [6, 6.07) is 7.00. The first-order valence-electron chi connectivity index (χ1n) is 7.26. The molecule has 0 bridgehead atoms. The van der Waals surface area contributed by atoms with Gasteiger partial charge in [0.1, 0.15) is 0 Å². The molecule has 1 aliphatic rings. The summed E-state index contributed by atoms with van der Waals surface area (Å²) in [4.78, 5) is 0.350. The Kier molecular flexibility index (Phi) is 6.05. The summed E-state index contributed by atoms with van der Waals surface area (Å²) in [5, 5.41) is 0.738. The van der Waals surface area contributed by atoms with Crippen LogP contribution in [0.2, 0.25) is 0 Å². The normalized spacial score (nSPS) is 16.6. The maximum atomic E-state index is 12.1. The first-order chi connectivity index (χ1) is 9.62. The highest BCUT2D eigenvalue weighted by molar-refractivity contribution is 9.08. The molecule has 0 atom stereocenters. The maximum Gasteiger partial charge on any atom is 0.240 e. The monoisotopic (exact) mass is 359 g/mol. The van der Waals surface area contributed by atoms with E-state index in [0.29, 0.717) is 11.4 Å². The van der Waals surface area contributed by atoms with Crippen molar-refractivity contribution in [1.29, 1.82) is 0 Å². The number of halogens is 1. The van der Waals surface area contributed by atoms with Gasteiger partial charge in [0.05, 0.1) is 4.90 Å². The number of benzene rings is 1. The lowest BCUT2D eigenvalue weighted by atomic mass is 10.0. The third kappa shape index (κ3) is 4.57. The lowest BCUT2D eigenvalue weighted by Gasteiger charge is -2.10. The van der Waals surface area contributed by atoms with Crippen LogP contribution in [0.1, 0.15) is 44.1 Å². The number of sulfonamides is 1. The van der Waals surface area contributed by atoms with Crippen molar-refractivity contribution in [3.63, 3.8) is 0 Å². The van der Waals surface area contributed by atoms with Crippen LogP contribution in [0.4, 0.5) is 0 Å². The third-order valence-electron chi connectivity index (χ3n) is 3.94. The number of rotatable bonds is 7. The highest BCUT2D eigenvalue weighted by atomic mass is 79.9. The zero-order valence-electron chi connectivity index (χ0n) is 11.6. The van der Waals surface area contributed by atoms with E-state index in [1.807, 2.05) is 12.1 Å². The van der Waals surface area contributed by atoms with Gasteiger partial charge >= 0.3 is 0 Å². The largest absolute Gasteiger partial charge is 0.240 e. The van der Waals surface area contributed by atoms with E-state index in [9.17, 15) is 8.42 Å². The standard InChI is InChI=1S/C15H22BrNO2S/c16-12-14-7-9-15(10-8-14)20(18,19)17-11-3-6-13-4-1-2-5-13/h7-10,13,17H,1-6,11-12H2. The fraction of sp³-hybridized carbons (Fsp3) is 0.600. The van der Waals surface area contributed by atoms with Gasteiger partial charge in [0.25, 0.3) is 0 Å². The molecule has 0 heterocycles. The van der Waals surface area contributed by atoms with Crippen molar-refractivity contribution >= 4 is 26.0 Å². The van der Waals surface area contributed by atoms with Crippen LogP contribution in [0.5, 0.6) is 0 Å². The lowest BCUT2D eigenvalue weighted by molar-refractivity contribution is 0.480. The molecule has 0 radical (unpaired) electrons. The highest BCUT2D eigenvalue weighted by Gasteiger charge is 2.16. The molecule has 1 N–H and O–H groups in total. The molecule has 0 saturated heterocycles. The predicted octanol–water partition coefficient (Wildman–Crippen LogP) is 3.83. The van der Waals surface area contributed by atoms with E-state index in [-0.39, 0.29) is 0 Å². The molecule has 0 amide bonds. The molecular weight excluding hydrogens is 338 g/mol. The second kappa shape index (κ2) is 7.57. The van der Waals surface area contributed by atoms with Gasteiger partial charge in [-0.05, 0) is 36.5 Å². The summed E-state index contributed by atoms with van der Waals surface area (Å²) in [6.45, 7) is 0.541. The number of alkyl halides is 1. The van der Waals surface area contributed by atoms with E-state index in [0.717, 1.165) is 29.7 Å². The molecule has 1 saturated carbocycles. The Bertz CT molecular complexity index is 507. The summed E-state index contributed by atoms with van der Waals surface area (Å²) < 4.78 is 26.9. The van der Waals surface area contributed by atoms with E-state index >= 15 is 0 Å². The van der Waals surface area contributed by atoms with E-state index in [2.05, 4.69) is 20.7 Å². The van der Waals surface area contributed by atoms with E-state index in [1.54, 1.807) is 12.1 Å². The second-order valence-corrected chi connectivity index (χ2v) is 7.80. The topological polar surface area (TPSA) is 46.2 Å². The Morgan fingerprint density at radius 1 is 1.15 bits per heavy atom. The van der Waals surface area contributed by atoms with Crippen LogP contribution >= 0.6 is 15.9 Å². The van der Waals surface area contributed by atoms with Gasteiger partial charge in [-0.1, -0.05) is 53.7 Å². The molecule has 0 spiro atoms. The zero-order chi connectivity index (χ0) is 14.4. The Balaban J connectivity index is 1.80. The molecule has 0 unspecified atom stereocenters. The minimum absolute atomic E-state index is 0.350. The van der Waals surface area contributed by atoms with Crippen molar-refractivity contribution in [2.45, 2.75) is 48.8 Å². The van der Waals surface area contributed by atoms with Gasteiger partial charge in [-0.25, -0.2) is 13.1 Å². The van der Waals surface area contributed by atoms with Crippen LogP contribution in [0.15, 0.2) is 29.2 Å². The van der Waals surface area contributed by atoms with Gasteiger partial charge in [0.2, 0.25) is 10.0 Å². The quantitative estimate of drug-likeness (QED) is 0.593. The summed E-state index contributed by atoms with van der Waals surface area (Å²) >= 11 is 3.35. The number of hydrogen-bond acceptors (Lipinski definition) is 2. The third-order valence-corrected chi connectivity index (χ3v) is 6.07. The molecule has 20 heavy (non-hydrogen) atoms. The predicted molar refractivity (Wildman–Crippen MR) is 85.5 cm³/mol. The van der Waals surface area contributed by atoms with Gasteiger partial charge in [-0.2, -0.15) is 0 Å². The maximum absolute atomic E-state index is 12.1. The van der Waals surface area contributed by atoms with Gasteiger partial charge in [0, 0.05) is 11.9 Å². The fourth-order valence-electron chi connectivity index (χ4n) is 2.74. The van der Waals surface area contributed by atoms with Crippen LogP contribution in [0, 0.1) is 5.92 Å². The SMILES string of the molecule is O=S(=O)(NCCCC1CCCC1)c1ccc(CBr)cc1. The molecular formula is C15H22BrNO2S. The smallest absolute Gasteiger partial charge is 0.211 e.